The lowest BCUT2D eigenvalue weighted by Gasteiger charge is -2.19. The third kappa shape index (κ3) is 8.96. The van der Waals surface area contributed by atoms with E-state index in [0.717, 1.165) is 5.75 Å². The molecule has 0 heterocycles. The summed E-state index contributed by atoms with van der Waals surface area (Å²) in [4.78, 5) is 36.1. The Morgan fingerprint density at radius 3 is 1.92 bits per heavy atom. The zero-order chi connectivity index (χ0) is 27.5. The van der Waals surface area contributed by atoms with E-state index in [2.05, 4.69) is 43.5 Å². The van der Waals surface area contributed by atoms with Crippen LogP contribution >= 0.6 is 0 Å². The number of amides is 2. The van der Waals surface area contributed by atoms with E-state index >= 15 is 0 Å². The number of ether oxygens (including phenoxy) is 3. The van der Waals surface area contributed by atoms with Gasteiger partial charge in [-0.2, -0.15) is 0 Å². The highest BCUT2D eigenvalue weighted by atomic mass is 16.7. The summed E-state index contributed by atoms with van der Waals surface area (Å²) in [5.74, 6) is 0.634. The highest BCUT2D eigenvalue weighted by Crippen LogP contribution is 2.24. The van der Waals surface area contributed by atoms with E-state index in [4.69, 9.17) is 14.2 Å². The van der Waals surface area contributed by atoms with Crippen molar-refractivity contribution in [3.05, 3.63) is 83.9 Å². The van der Waals surface area contributed by atoms with Gasteiger partial charge in [0.1, 0.15) is 11.5 Å². The maximum Gasteiger partial charge on any atom is 0.513 e. The predicted octanol–water partition coefficient (Wildman–Crippen LogP) is 6.57. The number of hydrogen-bond donors (Lipinski definition) is 2. The van der Waals surface area contributed by atoms with Gasteiger partial charge in [0, 0.05) is 23.4 Å². The van der Waals surface area contributed by atoms with Crippen LogP contribution in [-0.4, -0.2) is 31.2 Å². The van der Waals surface area contributed by atoms with Gasteiger partial charge in [-0.3, -0.25) is 9.59 Å². The molecular formula is C30H34N2O6. The van der Waals surface area contributed by atoms with Crippen molar-refractivity contribution in [2.45, 2.75) is 46.0 Å². The third-order valence-electron chi connectivity index (χ3n) is 5.54. The topological polar surface area (TPSA) is 103 Å². The molecular weight excluding hydrogens is 484 g/mol. The highest BCUT2D eigenvalue weighted by molar-refractivity contribution is 6.04. The lowest BCUT2D eigenvalue weighted by atomic mass is 9.87. The monoisotopic (exact) mass is 518 g/mol. The highest BCUT2D eigenvalue weighted by Gasteiger charge is 2.13. The quantitative estimate of drug-likeness (QED) is 0.179. The van der Waals surface area contributed by atoms with Gasteiger partial charge in [-0.05, 0) is 85.0 Å². The number of benzene rings is 3. The van der Waals surface area contributed by atoms with Crippen LogP contribution in [-0.2, 0) is 14.9 Å². The first-order valence-electron chi connectivity index (χ1n) is 12.5. The van der Waals surface area contributed by atoms with Crippen molar-refractivity contribution in [2.75, 3.05) is 23.8 Å². The van der Waals surface area contributed by atoms with Crippen LogP contribution in [0.25, 0.3) is 0 Å². The van der Waals surface area contributed by atoms with Crippen LogP contribution in [0.15, 0.2) is 72.8 Å². The molecule has 8 heteroatoms. The summed E-state index contributed by atoms with van der Waals surface area (Å²) in [6.07, 6.45) is 0.117. The fourth-order valence-corrected chi connectivity index (χ4v) is 3.46. The van der Waals surface area contributed by atoms with Gasteiger partial charge >= 0.3 is 6.16 Å². The summed E-state index contributed by atoms with van der Waals surface area (Å²) in [6.45, 7) is 8.84. The van der Waals surface area contributed by atoms with Crippen LogP contribution in [0.1, 0.15) is 56.5 Å². The van der Waals surface area contributed by atoms with Crippen LogP contribution in [0.2, 0.25) is 0 Å². The molecule has 0 saturated carbocycles. The second kappa shape index (κ2) is 13.3. The lowest BCUT2D eigenvalue weighted by molar-refractivity contribution is -0.116. The smallest absolute Gasteiger partial charge is 0.494 e. The van der Waals surface area contributed by atoms with Crippen molar-refractivity contribution >= 4 is 29.3 Å². The molecule has 2 amide bonds. The molecule has 0 spiro atoms. The van der Waals surface area contributed by atoms with E-state index in [1.807, 2.05) is 12.1 Å². The molecule has 38 heavy (non-hydrogen) atoms. The molecule has 0 aliphatic rings. The Morgan fingerprint density at radius 2 is 1.34 bits per heavy atom. The molecule has 0 radical (unpaired) electrons. The van der Waals surface area contributed by atoms with E-state index in [1.54, 1.807) is 43.3 Å². The zero-order valence-corrected chi connectivity index (χ0v) is 22.2. The van der Waals surface area contributed by atoms with Crippen LogP contribution in [0.5, 0.6) is 11.5 Å². The van der Waals surface area contributed by atoms with Crippen LogP contribution in [0.3, 0.4) is 0 Å². The Morgan fingerprint density at radius 1 is 0.763 bits per heavy atom. The van der Waals surface area contributed by atoms with Gasteiger partial charge < -0.3 is 24.8 Å². The fraction of sp³-hybridized carbons (Fsp3) is 0.300. The summed E-state index contributed by atoms with van der Waals surface area (Å²) in [7, 11) is 0. The van der Waals surface area contributed by atoms with E-state index in [0.29, 0.717) is 36.4 Å². The molecule has 3 aromatic carbocycles. The molecule has 0 atom stereocenters. The van der Waals surface area contributed by atoms with E-state index in [-0.39, 0.29) is 29.6 Å². The predicted molar refractivity (Wildman–Crippen MR) is 147 cm³/mol. The third-order valence-corrected chi connectivity index (χ3v) is 5.54. The molecule has 3 aromatic rings. The van der Waals surface area contributed by atoms with Crippen molar-refractivity contribution < 1.29 is 28.6 Å². The van der Waals surface area contributed by atoms with Crippen molar-refractivity contribution in [2.24, 2.45) is 0 Å². The normalized spacial score (nSPS) is 10.8. The first-order chi connectivity index (χ1) is 18.1. The number of carbonyl (C=O) groups excluding carboxylic acids is 3. The number of rotatable bonds is 10. The number of nitrogens with one attached hydrogen (secondary N) is 2. The summed E-state index contributed by atoms with van der Waals surface area (Å²) in [6, 6.07) is 21.0. The van der Waals surface area contributed by atoms with Crippen LogP contribution in [0, 0.1) is 0 Å². The Hall–Kier alpha value is -4.33. The second-order valence-electron chi connectivity index (χ2n) is 9.62. The van der Waals surface area contributed by atoms with Crippen molar-refractivity contribution in [1.82, 2.24) is 0 Å². The summed E-state index contributed by atoms with van der Waals surface area (Å²) in [5, 5.41) is 5.64. The maximum absolute atomic E-state index is 12.5. The van der Waals surface area contributed by atoms with Crippen LogP contribution in [0.4, 0.5) is 16.2 Å². The van der Waals surface area contributed by atoms with Gasteiger partial charge in [-0.15, -0.1) is 0 Å². The Kier molecular flexibility index (Phi) is 9.87. The van der Waals surface area contributed by atoms with E-state index < -0.39 is 6.16 Å². The molecule has 200 valence electrons. The van der Waals surface area contributed by atoms with Crippen molar-refractivity contribution in [3.63, 3.8) is 0 Å². The fourth-order valence-electron chi connectivity index (χ4n) is 3.46. The Balaban J connectivity index is 1.39. The van der Waals surface area contributed by atoms with Gasteiger partial charge in [-0.1, -0.05) is 32.9 Å². The first-order valence-corrected chi connectivity index (χ1v) is 12.5. The number of carbonyl (C=O) groups is 3. The molecule has 0 saturated heterocycles. The van der Waals surface area contributed by atoms with Gasteiger partial charge in [0.15, 0.2) is 0 Å². The van der Waals surface area contributed by atoms with Gasteiger partial charge in [0.05, 0.1) is 13.2 Å². The molecule has 0 aromatic heterocycles. The minimum Gasteiger partial charge on any atom is -0.494 e. The molecule has 8 nitrogen and oxygen atoms in total. The molecule has 2 N–H and O–H groups in total. The average molecular weight is 519 g/mol. The molecule has 0 aliphatic carbocycles. The Bertz CT molecular complexity index is 1210. The molecule has 0 fully saturated rings. The largest absolute Gasteiger partial charge is 0.513 e. The summed E-state index contributed by atoms with van der Waals surface area (Å²) in [5.41, 5.74) is 2.94. The Labute approximate surface area is 223 Å². The van der Waals surface area contributed by atoms with Crippen molar-refractivity contribution in [3.8, 4) is 11.5 Å². The van der Waals surface area contributed by atoms with Gasteiger partial charge in [-0.25, -0.2) is 4.79 Å². The summed E-state index contributed by atoms with van der Waals surface area (Å²) >= 11 is 0. The first kappa shape index (κ1) is 28.2. The van der Waals surface area contributed by atoms with E-state index in [9.17, 15) is 14.4 Å². The SMILES string of the molecule is CCOC(=O)Oc1ccc(C(=O)Nc2ccc(NC(=O)CCCOc3ccc(C(C)(C)C)cc3)cc2)cc1. The summed E-state index contributed by atoms with van der Waals surface area (Å²) < 4.78 is 15.4. The number of anilines is 2. The second-order valence-corrected chi connectivity index (χ2v) is 9.62. The lowest BCUT2D eigenvalue weighted by Crippen LogP contribution is -2.14. The van der Waals surface area contributed by atoms with E-state index in [1.165, 1.54) is 17.7 Å². The molecule has 0 unspecified atom stereocenters. The minimum atomic E-state index is -0.799. The van der Waals surface area contributed by atoms with Gasteiger partial charge in [0.25, 0.3) is 5.91 Å². The van der Waals surface area contributed by atoms with Gasteiger partial charge in [0.2, 0.25) is 5.91 Å². The maximum atomic E-state index is 12.5. The minimum absolute atomic E-state index is 0.0933. The molecule has 0 bridgehead atoms. The standard InChI is InChI=1S/C30H34N2O6/c1-5-36-29(35)38-26-16-8-21(9-17-26)28(34)32-24-14-12-23(13-15-24)31-27(33)7-6-20-37-25-18-10-22(11-19-25)30(2,3)4/h8-19H,5-7,20H2,1-4H3,(H,31,33)(H,32,34). The molecule has 0 aliphatic heterocycles. The average Bonchev–Trinajstić information content (AvgIpc) is 2.88. The molecule has 3 rings (SSSR count). The zero-order valence-electron chi connectivity index (χ0n) is 22.2. The van der Waals surface area contributed by atoms with Crippen molar-refractivity contribution in [1.29, 1.82) is 0 Å². The van der Waals surface area contributed by atoms with Crippen LogP contribution < -0.4 is 20.1 Å². The number of hydrogen-bond acceptors (Lipinski definition) is 6.